The van der Waals surface area contributed by atoms with Crippen LogP contribution in [0.25, 0.3) is 0 Å². The maximum Gasteiger partial charge on any atom is 0.230 e. The van der Waals surface area contributed by atoms with Gasteiger partial charge in [-0.2, -0.15) is 0 Å². The molecule has 2 bridgehead atoms. The monoisotopic (exact) mass is 494 g/mol. The first-order valence-corrected chi connectivity index (χ1v) is 12.8. The predicted octanol–water partition coefficient (Wildman–Crippen LogP) is 3.31. The Morgan fingerprint density at radius 1 is 1.19 bits per heavy atom. The minimum atomic E-state index is -0.710. The summed E-state index contributed by atoms with van der Waals surface area (Å²) in [6.07, 6.45) is 1.17. The number of hydrogen-bond acceptors (Lipinski definition) is 6. The van der Waals surface area contributed by atoms with E-state index >= 15 is 0 Å². The first-order chi connectivity index (χ1) is 17.5. The quantitative estimate of drug-likeness (QED) is 0.545. The van der Waals surface area contributed by atoms with Crippen LogP contribution >= 0.6 is 0 Å². The first-order valence-electron chi connectivity index (χ1n) is 12.8. The molecule has 192 valence electrons. The predicted molar refractivity (Wildman–Crippen MR) is 134 cm³/mol. The standard InChI is InChI=1S/C28H34N2O6/c1-17(18-5-3-2-4-6-18)29-26(32)15-21-14-23-22-13-19(30-28(33)27(23)25(16-31)36-21)7-8-24(22)35-20-9-11-34-12-10-20/h2-8,13,17,20-21,23,25,27,31H,9-12,14-16H2,1H3,(H,29,32)(H,30,33)/t17-,21+,23-,25-,27+/m0/s1. The van der Waals surface area contributed by atoms with Crippen LogP contribution < -0.4 is 15.4 Å². The number of carbonyl (C=O) groups excluding carboxylic acids is 2. The second-order valence-corrected chi connectivity index (χ2v) is 9.92. The summed E-state index contributed by atoms with van der Waals surface area (Å²) in [5.74, 6) is -0.376. The lowest BCUT2D eigenvalue weighted by atomic mass is 9.76. The molecule has 0 aromatic heterocycles. The Morgan fingerprint density at radius 3 is 2.72 bits per heavy atom. The van der Waals surface area contributed by atoms with Crippen LogP contribution in [0.1, 0.15) is 55.7 Å². The van der Waals surface area contributed by atoms with Crippen molar-refractivity contribution in [3.8, 4) is 5.75 Å². The number of carbonyl (C=O) groups is 2. The highest BCUT2D eigenvalue weighted by Gasteiger charge is 2.46. The van der Waals surface area contributed by atoms with Crippen molar-refractivity contribution in [2.45, 2.75) is 62.9 Å². The van der Waals surface area contributed by atoms with Gasteiger partial charge in [0.2, 0.25) is 11.8 Å². The number of fused-ring (bicyclic) bond motifs is 4. The van der Waals surface area contributed by atoms with E-state index in [2.05, 4.69) is 10.6 Å². The fourth-order valence-electron chi connectivity index (χ4n) is 5.59. The number of hydrogen-bond donors (Lipinski definition) is 3. The zero-order chi connectivity index (χ0) is 25.1. The van der Waals surface area contributed by atoms with Crippen LogP contribution in [0.4, 0.5) is 5.69 Å². The van der Waals surface area contributed by atoms with Gasteiger partial charge < -0.3 is 30.0 Å². The Bertz CT molecular complexity index is 1070. The van der Waals surface area contributed by atoms with Gasteiger partial charge in [0.05, 0.1) is 50.4 Å². The summed E-state index contributed by atoms with van der Waals surface area (Å²) < 4.78 is 18.0. The Morgan fingerprint density at radius 2 is 1.97 bits per heavy atom. The zero-order valence-electron chi connectivity index (χ0n) is 20.5. The van der Waals surface area contributed by atoms with Crippen molar-refractivity contribution < 1.29 is 28.9 Å². The summed E-state index contributed by atoms with van der Waals surface area (Å²) in [5.41, 5.74) is 2.65. The molecule has 0 saturated carbocycles. The Balaban J connectivity index is 1.35. The molecule has 5 rings (SSSR count). The zero-order valence-corrected chi connectivity index (χ0v) is 20.5. The fourth-order valence-corrected chi connectivity index (χ4v) is 5.59. The van der Waals surface area contributed by atoms with E-state index in [1.165, 1.54) is 0 Å². The van der Waals surface area contributed by atoms with Gasteiger partial charge in [0.15, 0.2) is 0 Å². The van der Waals surface area contributed by atoms with E-state index < -0.39 is 18.1 Å². The van der Waals surface area contributed by atoms with Gasteiger partial charge in [-0.15, -0.1) is 0 Å². The second-order valence-electron chi connectivity index (χ2n) is 9.92. The van der Waals surface area contributed by atoms with Crippen molar-refractivity contribution in [3.05, 3.63) is 59.7 Å². The van der Waals surface area contributed by atoms with Crippen molar-refractivity contribution in [2.24, 2.45) is 5.92 Å². The lowest BCUT2D eigenvalue weighted by molar-refractivity contribution is -0.148. The molecule has 8 nitrogen and oxygen atoms in total. The molecule has 3 aliphatic rings. The third kappa shape index (κ3) is 5.40. The number of rotatable bonds is 7. The Labute approximate surface area is 211 Å². The van der Waals surface area contributed by atoms with E-state index in [0.717, 1.165) is 29.7 Å². The van der Waals surface area contributed by atoms with E-state index in [1.807, 2.05) is 55.5 Å². The van der Waals surface area contributed by atoms with Gasteiger partial charge in [0, 0.05) is 30.0 Å². The van der Waals surface area contributed by atoms with Gasteiger partial charge in [-0.3, -0.25) is 9.59 Å². The highest BCUT2D eigenvalue weighted by molar-refractivity contribution is 5.95. The van der Waals surface area contributed by atoms with E-state index in [4.69, 9.17) is 14.2 Å². The summed E-state index contributed by atoms with van der Waals surface area (Å²) in [7, 11) is 0. The SMILES string of the molecule is C[C@H](NC(=O)C[C@H]1C[C@H]2c3cc(ccc3OC3CCOCC3)NC(=O)[C@H]2[C@H](CO)O1)c1ccccc1. The Kier molecular flexibility index (Phi) is 7.55. The molecule has 8 heteroatoms. The highest BCUT2D eigenvalue weighted by Crippen LogP contribution is 2.46. The smallest absolute Gasteiger partial charge is 0.230 e. The van der Waals surface area contributed by atoms with Crippen molar-refractivity contribution >= 4 is 17.5 Å². The summed E-state index contributed by atoms with van der Waals surface area (Å²) in [6, 6.07) is 15.4. The van der Waals surface area contributed by atoms with Crippen LogP contribution in [0.3, 0.4) is 0 Å². The van der Waals surface area contributed by atoms with Crippen LogP contribution in [0.15, 0.2) is 48.5 Å². The molecule has 2 saturated heterocycles. The van der Waals surface area contributed by atoms with Gasteiger partial charge in [0.25, 0.3) is 0 Å². The summed E-state index contributed by atoms with van der Waals surface area (Å²) in [5, 5.41) is 16.2. The van der Waals surface area contributed by atoms with Gasteiger partial charge in [0.1, 0.15) is 11.9 Å². The summed E-state index contributed by atoms with van der Waals surface area (Å²) in [4.78, 5) is 26.1. The molecule has 36 heavy (non-hydrogen) atoms. The summed E-state index contributed by atoms with van der Waals surface area (Å²) >= 11 is 0. The molecule has 0 aliphatic carbocycles. The average molecular weight is 495 g/mol. The molecular formula is C28H34N2O6. The minimum Gasteiger partial charge on any atom is -0.490 e. The molecule has 3 N–H and O–H groups in total. The number of anilines is 1. The maximum absolute atomic E-state index is 13.2. The van der Waals surface area contributed by atoms with E-state index in [1.54, 1.807) is 0 Å². The molecule has 2 fully saturated rings. The van der Waals surface area contributed by atoms with Crippen LogP contribution in [-0.2, 0) is 19.1 Å². The van der Waals surface area contributed by atoms with Crippen molar-refractivity contribution in [1.29, 1.82) is 0 Å². The fraction of sp³-hybridized carbons (Fsp3) is 0.500. The molecule has 0 unspecified atom stereocenters. The molecule has 2 amide bonds. The summed E-state index contributed by atoms with van der Waals surface area (Å²) in [6.45, 7) is 2.98. The number of ether oxygens (including phenoxy) is 3. The van der Waals surface area contributed by atoms with Crippen LogP contribution in [-0.4, -0.2) is 55.1 Å². The molecule has 5 atom stereocenters. The molecule has 0 radical (unpaired) electrons. The van der Waals surface area contributed by atoms with Gasteiger partial charge in [-0.25, -0.2) is 0 Å². The van der Waals surface area contributed by atoms with Crippen LogP contribution in [0.2, 0.25) is 0 Å². The van der Waals surface area contributed by atoms with Crippen LogP contribution in [0.5, 0.6) is 5.75 Å². The lowest BCUT2D eigenvalue weighted by Crippen LogP contribution is -2.48. The third-order valence-electron chi connectivity index (χ3n) is 7.43. The van der Waals surface area contributed by atoms with Crippen molar-refractivity contribution in [2.75, 3.05) is 25.1 Å². The lowest BCUT2D eigenvalue weighted by Gasteiger charge is -2.40. The number of amides is 2. The van der Waals surface area contributed by atoms with Crippen molar-refractivity contribution in [3.63, 3.8) is 0 Å². The Hall–Kier alpha value is -2.94. The van der Waals surface area contributed by atoms with E-state index in [9.17, 15) is 14.7 Å². The minimum absolute atomic E-state index is 0.0562. The third-order valence-corrected chi connectivity index (χ3v) is 7.43. The van der Waals surface area contributed by atoms with Gasteiger partial charge in [-0.05, 0) is 37.1 Å². The highest BCUT2D eigenvalue weighted by atomic mass is 16.5. The van der Waals surface area contributed by atoms with Crippen LogP contribution in [0, 0.1) is 5.92 Å². The van der Waals surface area contributed by atoms with Crippen molar-refractivity contribution in [1.82, 2.24) is 5.32 Å². The molecule has 3 aliphatic heterocycles. The molecule has 3 heterocycles. The molecule has 0 spiro atoms. The van der Waals surface area contributed by atoms with E-state index in [-0.39, 0.29) is 42.9 Å². The number of aliphatic hydroxyl groups is 1. The maximum atomic E-state index is 13.2. The molecule has 2 aromatic rings. The second kappa shape index (κ2) is 11.0. The molecular weight excluding hydrogens is 460 g/mol. The van der Waals surface area contributed by atoms with Gasteiger partial charge >= 0.3 is 0 Å². The topological polar surface area (TPSA) is 106 Å². The number of nitrogens with one attached hydrogen (secondary N) is 2. The molecule has 2 aromatic carbocycles. The largest absolute Gasteiger partial charge is 0.490 e. The normalized spacial score (nSPS) is 26.8. The first kappa shape index (κ1) is 24.7. The number of benzene rings is 2. The van der Waals surface area contributed by atoms with E-state index in [0.29, 0.717) is 25.3 Å². The van der Waals surface area contributed by atoms with Gasteiger partial charge in [-0.1, -0.05) is 30.3 Å². The average Bonchev–Trinajstić information content (AvgIpc) is 3.00. The number of aliphatic hydroxyl groups excluding tert-OH is 1.